The highest BCUT2D eigenvalue weighted by Gasteiger charge is 2.11. The van der Waals surface area contributed by atoms with Crippen molar-refractivity contribution in [3.05, 3.63) is 41.5 Å². The van der Waals surface area contributed by atoms with E-state index in [0.717, 1.165) is 27.7 Å². The highest BCUT2D eigenvalue weighted by molar-refractivity contribution is 7.15. The second kappa shape index (κ2) is 8.13. The zero-order chi connectivity index (χ0) is 17.6. The van der Waals surface area contributed by atoms with Gasteiger partial charge in [0, 0.05) is 42.9 Å². The van der Waals surface area contributed by atoms with Gasteiger partial charge in [0.25, 0.3) is 0 Å². The van der Waals surface area contributed by atoms with Gasteiger partial charge in [0.2, 0.25) is 5.91 Å². The van der Waals surface area contributed by atoms with Gasteiger partial charge in [0.05, 0.1) is 19.4 Å². The van der Waals surface area contributed by atoms with Crippen molar-refractivity contribution in [3.63, 3.8) is 0 Å². The summed E-state index contributed by atoms with van der Waals surface area (Å²) in [6.45, 7) is 1.07. The third-order valence-corrected chi connectivity index (χ3v) is 4.79. The van der Waals surface area contributed by atoms with Gasteiger partial charge >= 0.3 is 0 Å². The number of fused-ring (bicyclic) bond motifs is 1. The van der Waals surface area contributed by atoms with E-state index in [-0.39, 0.29) is 5.91 Å². The second-order valence-corrected chi connectivity index (χ2v) is 6.41. The number of methoxy groups -OCH3 is 2. The van der Waals surface area contributed by atoms with Gasteiger partial charge < -0.3 is 14.8 Å². The van der Waals surface area contributed by atoms with Gasteiger partial charge in [-0.25, -0.2) is 4.98 Å². The van der Waals surface area contributed by atoms with E-state index >= 15 is 0 Å². The first-order valence-corrected chi connectivity index (χ1v) is 8.94. The molecule has 2 heterocycles. The number of amides is 1. The molecular formula is C18H21N3O3S. The average molecular weight is 359 g/mol. The number of carbonyl (C=O) groups is 1. The van der Waals surface area contributed by atoms with Crippen LogP contribution in [0.2, 0.25) is 0 Å². The average Bonchev–Trinajstić information content (AvgIpc) is 3.21. The van der Waals surface area contributed by atoms with Crippen LogP contribution < -0.4 is 10.1 Å². The van der Waals surface area contributed by atoms with E-state index in [1.165, 1.54) is 0 Å². The number of ether oxygens (including phenoxy) is 2. The Bertz CT molecular complexity index is 839. The minimum absolute atomic E-state index is 0.0342. The zero-order valence-electron chi connectivity index (χ0n) is 14.3. The first-order valence-electron chi connectivity index (χ1n) is 8.07. The summed E-state index contributed by atoms with van der Waals surface area (Å²) >= 11 is 1.59. The molecule has 0 unspecified atom stereocenters. The van der Waals surface area contributed by atoms with Crippen LogP contribution in [0.1, 0.15) is 12.1 Å². The van der Waals surface area contributed by atoms with Gasteiger partial charge in [-0.1, -0.05) is 0 Å². The van der Waals surface area contributed by atoms with Crippen molar-refractivity contribution in [1.82, 2.24) is 14.7 Å². The summed E-state index contributed by atoms with van der Waals surface area (Å²) in [6.07, 6.45) is 3.15. The van der Waals surface area contributed by atoms with Gasteiger partial charge in [-0.3, -0.25) is 9.20 Å². The standard InChI is InChI=1S/C18H21N3O3S/c1-23-10-9-19-17(22)8-5-14-12-25-18-20-16(11-21(14)18)13-3-6-15(24-2)7-4-13/h3-4,6-7,11-12H,5,8-10H2,1-2H3,(H,19,22). The monoisotopic (exact) mass is 359 g/mol. The number of thiazole rings is 1. The van der Waals surface area contributed by atoms with Gasteiger partial charge in [0.15, 0.2) is 4.96 Å². The molecule has 6 nitrogen and oxygen atoms in total. The summed E-state index contributed by atoms with van der Waals surface area (Å²) < 4.78 is 12.2. The quantitative estimate of drug-likeness (QED) is 0.628. The van der Waals surface area contributed by atoms with E-state index in [1.54, 1.807) is 25.6 Å². The molecule has 0 radical (unpaired) electrons. The van der Waals surface area contributed by atoms with Crippen LogP contribution in [0.25, 0.3) is 16.2 Å². The molecular weight excluding hydrogens is 338 g/mol. The summed E-state index contributed by atoms with van der Waals surface area (Å²) in [5, 5.41) is 4.90. The summed E-state index contributed by atoms with van der Waals surface area (Å²) in [6, 6.07) is 7.84. The first kappa shape index (κ1) is 17.4. The fraction of sp³-hybridized carbons (Fsp3) is 0.333. The number of hydrogen-bond acceptors (Lipinski definition) is 5. The third kappa shape index (κ3) is 4.18. The van der Waals surface area contributed by atoms with Crippen LogP contribution in [-0.4, -0.2) is 42.7 Å². The zero-order valence-corrected chi connectivity index (χ0v) is 15.1. The maximum atomic E-state index is 11.8. The Kier molecular flexibility index (Phi) is 5.67. The second-order valence-electron chi connectivity index (χ2n) is 5.58. The summed E-state index contributed by atoms with van der Waals surface area (Å²) in [5.74, 6) is 0.858. The van der Waals surface area contributed by atoms with Crippen molar-refractivity contribution in [1.29, 1.82) is 0 Å². The lowest BCUT2D eigenvalue weighted by molar-refractivity contribution is -0.121. The lowest BCUT2D eigenvalue weighted by Crippen LogP contribution is -2.27. The number of benzene rings is 1. The van der Waals surface area contributed by atoms with Gasteiger partial charge in [0.1, 0.15) is 5.75 Å². The van der Waals surface area contributed by atoms with Crippen LogP contribution in [0.3, 0.4) is 0 Å². The van der Waals surface area contributed by atoms with Gasteiger partial charge in [-0.15, -0.1) is 11.3 Å². The lowest BCUT2D eigenvalue weighted by Gasteiger charge is -2.04. The molecule has 3 aromatic rings. The van der Waals surface area contributed by atoms with Gasteiger partial charge in [-0.05, 0) is 30.7 Å². The van der Waals surface area contributed by atoms with Crippen molar-refractivity contribution < 1.29 is 14.3 Å². The molecule has 7 heteroatoms. The molecule has 3 rings (SSSR count). The molecule has 0 bridgehead atoms. The van der Waals surface area contributed by atoms with Crippen molar-refractivity contribution in [2.24, 2.45) is 0 Å². The largest absolute Gasteiger partial charge is 0.497 e. The fourth-order valence-corrected chi connectivity index (χ4v) is 3.44. The molecule has 0 atom stereocenters. The molecule has 25 heavy (non-hydrogen) atoms. The molecule has 132 valence electrons. The molecule has 0 spiro atoms. The van der Waals surface area contributed by atoms with E-state index in [9.17, 15) is 4.79 Å². The molecule has 0 saturated heterocycles. The van der Waals surface area contributed by atoms with Crippen LogP contribution in [0, 0.1) is 0 Å². The smallest absolute Gasteiger partial charge is 0.220 e. The molecule has 1 aromatic carbocycles. The van der Waals surface area contributed by atoms with Crippen LogP contribution >= 0.6 is 11.3 Å². The molecule has 0 aliphatic heterocycles. The molecule has 2 aromatic heterocycles. The Balaban J connectivity index is 1.68. The highest BCUT2D eigenvalue weighted by atomic mass is 32.1. The minimum atomic E-state index is 0.0342. The van der Waals surface area contributed by atoms with Crippen LogP contribution in [0.5, 0.6) is 5.75 Å². The lowest BCUT2D eigenvalue weighted by atomic mass is 10.1. The van der Waals surface area contributed by atoms with Crippen molar-refractivity contribution in [2.75, 3.05) is 27.4 Å². The van der Waals surface area contributed by atoms with E-state index in [2.05, 4.69) is 20.1 Å². The van der Waals surface area contributed by atoms with Crippen molar-refractivity contribution in [2.45, 2.75) is 12.8 Å². The number of rotatable bonds is 8. The van der Waals surface area contributed by atoms with E-state index in [4.69, 9.17) is 9.47 Å². The molecule has 0 saturated carbocycles. The van der Waals surface area contributed by atoms with Crippen LogP contribution in [-0.2, 0) is 16.0 Å². The maximum Gasteiger partial charge on any atom is 0.220 e. The number of carbonyl (C=O) groups excluding carboxylic acids is 1. The van der Waals surface area contributed by atoms with Crippen molar-refractivity contribution in [3.8, 4) is 17.0 Å². The predicted molar refractivity (Wildman–Crippen MR) is 98.3 cm³/mol. The SMILES string of the molecule is COCCNC(=O)CCc1csc2nc(-c3ccc(OC)cc3)cn12. The molecule has 1 amide bonds. The number of aryl methyl sites for hydroxylation is 1. The fourth-order valence-electron chi connectivity index (χ4n) is 2.53. The molecule has 1 N–H and O–H groups in total. The number of nitrogens with one attached hydrogen (secondary N) is 1. The van der Waals surface area contributed by atoms with Crippen LogP contribution in [0.15, 0.2) is 35.8 Å². The van der Waals surface area contributed by atoms with Crippen LogP contribution in [0.4, 0.5) is 0 Å². The van der Waals surface area contributed by atoms with E-state index in [1.807, 2.05) is 30.5 Å². The minimum Gasteiger partial charge on any atom is -0.497 e. The first-order chi connectivity index (χ1) is 12.2. The van der Waals surface area contributed by atoms with Crippen molar-refractivity contribution >= 4 is 22.2 Å². The summed E-state index contributed by atoms with van der Waals surface area (Å²) in [5.41, 5.74) is 3.05. The molecule has 0 fully saturated rings. The summed E-state index contributed by atoms with van der Waals surface area (Å²) in [4.78, 5) is 17.4. The van der Waals surface area contributed by atoms with Gasteiger partial charge in [-0.2, -0.15) is 0 Å². The number of aromatic nitrogens is 2. The topological polar surface area (TPSA) is 64.9 Å². The predicted octanol–water partition coefficient (Wildman–Crippen LogP) is 2.77. The number of nitrogens with zero attached hydrogens (tertiary/aromatic N) is 2. The Hall–Kier alpha value is -2.38. The van der Waals surface area contributed by atoms with E-state index < -0.39 is 0 Å². The summed E-state index contributed by atoms with van der Waals surface area (Å²) in [7, 11) is 3.27. The Labute approximate surface area is 150 Å². The highest BCUT2D eigenvalue weighted by Crippen LogP contribution is 2.25. The third-order valence-electron chi connectivity index (χ3n) is 3.91. The number of hydrogen-bond donors (Lipinski definition) is 1. The molecule has 0 aliphatic rings. The normalized spacial score (nSPS) is 11.0. The Morgan fingerprint density at radius 3 is 2.80 bits per heavy atom. The maximum absolute atomic E-state index is 11.8. The number of imidazole rings is 1. The Morgan fingerprint density at radius 1 is 1.28 bits per heavy atom. The van der Waals surface area contributed by atoms with E-state index in [0.29, 0.717) is 26.0 Å². The molecule has 0 aliphatic carbocycles. The Morgan fingerprint density at radius 2 is 2.08 bits per heavy atom.